The number of fused-ring (bicyclic) bond motifs is 1. The van der Waals surface area contributed by atoms with Gasteiger partial charge < -0.3 is 15.5 Å². The predicted molar refractivity (Wildman–Crippen MR) is 122 cm³/mol. The van der Waals surface area contributed by atoms with Gasteiger partial charge in [-0.15, -0.1) is 0 Å². The summed E-state index contributed by atoms with van der Waals surface area (Å²) in [5, 5.41) is 8.13. The molecule has 0 unspecified atom stereocenters. The van der Waals surface area contributed by atoms with Gasteiger partial charge in [-0.05, 0) is 68.5 Å². The first-order valence-electron chi connectivity index (χ1n) is 10.9. The van der Waals surface area contributed by atoms with Crippen LogP contribution in [0.2, 0.25) is 0 Å². The fourth-order valence-electron chi connectivity index (χ4n) is 4.21. The molecule has 1 aromatic heterocycles. The number of anilines is 2. The number of nitrogens with one attached hydrogen (secondary N) is 2. The van der Waals surface area contributed by atoms with Crippen molar-refractivity contribution < 1.29 is 8.78 Å². The van der Waals surface area contributed by atoms with E-state index in [9.17, 15) is 8.78 Å². The van der Waals surface area contributed by atoms with E-state index >= 15 is 0 Å². The molecule has 0 radical (unpaired) electrons. The average Bonchev–Trinajstić information content (AvgIpc) is 2.77. The van der Waals surface area contributed by atoms with Crippen molar-refractivity contribution >= 4 is 22.7 Å². The summed E-state index contributed by atoms with van der Waals surface area (Å²) in [7, 11) is 3.99. The molecule has 0 atom stereocenters. The van der Waals surface area contributed by atoms with Crippen LogP contribution in [0.15, 0.2) is 42.5 Å². The molecule has 1 fully saturated rings. The van der Waals surface area contributed by atoms with E-state index in [1.54, 1.807) is 6.07 Å². The number of nitrogens with zero attached hydrogens (tertiary/aromatic N) is 3. The Morgan fingerprint density at radius 1 is 0.935 bits per heavy atom. The molecular formula is C24H29F2N5. The topological polar surface area (TPSA) is 53.1 Å². The van der Waals surface area contributed by atoms with E-state index in [0.29, 0.717) is 24.5 Å². The number of halogens is 2. The van der Waals surface area contributed by atoms with Gasteiger partial charge in [-0.1, -0.05) is 18.2 Å². The van der Waals surface area contributed by atoms with E-state index in [1.807, 2.05) is 43.3 Å². The molecular weight excluding hydrogens is 396 g/mol. The maximum absolute atomic E-state index is 13.3. The van der Waals surface area contributed by atoms with Crippen LogP contribution in [-0.4, -0.2) is 42.7 Å². The molecule has 1 saturated carbocycles. The molecule has 164 valence electrons. The zero-order valence-electron chi connectivity index (χ0n) is 18.0. The molecule has 0 aliphatic heterocycles. The van der Waals surface area contributed by atoms with Crippen LogP contribution in [0.25, 0.3) is 10.9 Å². The largest absolute Gasteiger partial charge is 0.362 e. The van der Waals surface area contributed by atoms with Crippen LogP contribution < -0.4 is 15.5 Å². The Bertz CT molecular complexity index is 1030. The van der Waals surface area contributed by atoms with Crippen LogP contribution in [0, 0.1) is 11.6 Å². The van der Waals surface area contributed by atoms with Gasteiger partial charge >= 0.3 is 0 Å². The average molecular weight is 426 g/mol. The van der Waals surface area contributed by atoms with Gasteiger partial charge in [-0.3, -0.25) is 0 Å². The second-order valence-electron chi connectivity index (χ2n) is 8.43. The van der Waals surface area contributed by atoms with Crippen molar-refractivity contribution in [1.29, 1.82) is 0 Å². The van der Waals surface area contributed by atoms with Gasteiger partial charge in [0.15, 0.2) is 11.6 Å². The fourth-order valence-corrected chi connectivity index (χ4v) is 4.21. The quantitative estimate of drug-likeness (QED) is 0.583. The van der Waals surface area contributed by atoms with Gasteiger partial charge in [0.05, 0.1) is 5.52 Å². The van der Waals surface area contributed by atoms with Gasteiger partial charge in [-0.2, -0.15) is 4.98 Å². The molecule has 1 aliphatic carbocycles. The van der Waals surface area contributed by atoms with Gasteiger partial charge in [-0.25, -0.2) is 13.8 Å². The molecule has 1 aliphatic rings. The Kier molecular flexibility index (Phi) is 6.61. The van der Waals surface area contributed by atoms with Crippen LogP contribution in [0.3, 0.4) is 0 Å². The first kappa shape index (κ1) is 21.4. The monoisotopic (exact) mass is 425 g/mol. The summed E-state index contributed by atoms with van der Waals surface area (Å²) in [5.41, 5.74) is 1.75. The van der Waals surface area contributed by atoms with Crippen molar-refractivity contribution in [3.05, 3.63) is 59.7 Å². The van der Waals surface area contributed by atoms with Crippen LogP contribution in [-0.2, 0) is 6.42 Å². The maximum Gasteiger partial charge on any atom is 0.225 e. The molecule has 0 bridgehead atoms. The van der Waals surface area contributed by atoms with Crippen LogP contribution in [0.1, 0.15) is 31.2 Å². The minimum Gasteiger partial charge on any atom is -0.362 e. The Hall–Kier alpha value is -2.80. The van der Waals surface area contributed by atoms with Crippen molar-refractivity contribution in [2.45, 2.75) is 44.2 Å². The Morgan fingerprint density at radius 3 is 2.42 bits per heavy atom. The molecule has 31 heavy (non-hydrogen) atoms. The lowest BCUT2D eigenvalue weighted by atomic mass is 9.91. The third kappa shape index (κ3) is 5.28. The normalized spacial score (nSPS) is 18.8. The third-order valence-electron chi connectivity index (χ3n) is 5.90. The second-order valence-corrected chi connectivity index (χ2v) is 8.43. The SMILES string of the molecule is CN(C)c1nc(N[C@H]2CC[C@@H](NCCc3ccc(F)c(F)c3)CC2)nc2ccccc12. The van der Waals surface area contributed by atoms with Gasteiger partial charge in [0.25, 0.3) is 0 Å². The van der Waals surface area contributed by atoms with Gasteiger partial charge in [0, 0.05) is 31.6 Å². The lowest BCUT2D eigenvalue weighted by molar-refractivity contribution is 0.355. The molecule has 3 aromatic rings. The highest BCUT2D eigenvalue weighted by molar-refractivity contribution is 5.90. The lowest BCUT2D eigenvalue weighted by Gasteiger charge is -2.30. The van der Waals surface area contributed by atoms with Crippen LogP contribution in [0.4, 0.5) is 20.5 Å². The molecule has 0 saturated heterocycles. The van der Waals surface area contributed by atoms with Gasteiger partial charge in [0.1, 0.15) is 5.82 Å². The van der Waals surface area contributed by atoms with E-state index in [0.717, 1.165) is 54.5 Å². The van der Waals surface area contributed by atoms with E-state index in [-0.39, 0.29) is 0 Å². The molecule has 4 rings (SSSR count). The van der Waals surface area contributed by atoms with E-state index in [4.69, 9.17) is 9.97 Å². The summed E-state index contributed by atoms with van der Waals surface area (Å²) >= 11 is 0. The smallest absolute Gasteiger partial charge is 0.225 e. The fraction of sp³-hybridized carbons (Fsp3) is 0.417. The first-order chi connectivity index (χ1) is 15.0. The first-order valence-corrected chi connectivity index (χ1v) is 10.9. The highest BCUT2D eigenvalue weighted by Crippen LogP contribution is 2.26. The number of benzene rings is 2. The standard InChI is InChI=1S/C24H29F2N5/c1-31(2)23-19-5-3-4-6-22(19)29-24(30-23)28-18-10-8-17(9-11-18)27-14-13-16-7-12-20(25)21(26)15-16/h3-7,12,15,17-18,27H,8-11,13-14H2,1-2H3,(H,28,29,30)/t17-,18+. The Labute approximate surface area is 181 Å². The summed E-state index contributed by atoms with van der Waals surface area (Å²) in [6, 6.07) is 13.0. The third-order valence-corrected chi connectivity index (χ3v) is 5.90. The molecule has 0 amide bonds. The summed E-state index contributed by atoms with van der Waals surface area (Å²) in [5.74, 6) is 0.0193. The lowest BCUT2D eigenvalue weighted by Crippen LogP contribution is -2.38. The van der Waals surface area contributed by atoms with Crippen molar-refractivity contribution in [3.8, 4) is 0 Å². The Balaban J connectivity index is 1.29. The number of hydrogen-bond donors (Lipinski definition) is 2. The molecule has 5 nitrogen and oxygen atoms in total. The van der Waals surface area contributed by atoms with Crippen molar-refractivity contribution in [3.63, 3.8) is 0 Å². The zero-order chi connectivity index (χ0) is 21.8. The summed E-state index contributed by atoms with van der Waals surface area (Å²) in [4.78, 5) is 11.5. The van der Waals surface area contributed by atoms with Crippen molar-refractivity contribution in [2.24, 2.45) is 0 Å². The summed E-state index contributed by atoms with van der Waals surface area (Å²) in [6.45, 7) is 0.758. The van der Waals surface area contributed by atoms with Gasteiger partial charge in [0.2, 0.25) is 5.95 Å². The highest BCUT2D eigenvalue weighted by atomic mass is 19.2. The maximum atomic E-state index is 13.3. The molecule has 0 spiro atoms. The minimum absolute atomic E-state index is 0.348. The number of aromatic nitrogens is 2. The van der Waals surface area contributed by atoms with Crippen LogP contribution in [0.5, 0.6) is 0 Å². The molecule has 1 heterocycles. The van der Waals surface area contributed by atoms with E-state index in [1.165, 1.54) is 12.1 Å². The molecule has 7 heteroatoms. The van der Waals surface area contributed by atoms with Crippen molar-refractivity contribution in [1.82, 2.24) is 15.3 Å². The predicted octanol–water partition coefficient (Wildman–Crippen LogP) is 4.53. The zero-order valence-corrected chi connectivity index (χ0v) is 18.0. The number of rotatable bonds is 7. The van der Waals surface area contributed by atoms with E-state index in [2.05, 4.69) is 10.6 Å². The number of para-hydroxylation sites is 1. The van der Waals surface area contributed by atoms with Crippen molar-refractivity contribution in [2.75, 3.05) is 30.9 Å². The summed E-state index contributed by atoms with van der Waals surface area (Å²) in [6.07, 6.45) is 4.88. The molecule has 2 N–H and O–H groups in total. The highest BCUT2D eigenvalue weighted by Gasteiger charge is 2.22. The minimum atomic E-state index is -0.796. The Morgan fingerprint density at radius 2 is 1.68 bits per heavy atom. The second kappa shape index (κ2) is 9.56. The van der Waals surface area contributed by atoms with E-state index < -0.39 is 11.6 Å². The number of hydrogen-bond acceptors (Lipinski definition) is 5. The summed E-state index contributed by atoms with van der Waals surface area (Å²) < 4.78 is 26.4. The van der Waals surface area contributed by atoms with Crippen LogP contribution >= 0.6 is 0 Å². The molecule has 2 aromatic carbocycles.